The Kier molecular flexibility index (Phi) is 11.2. The Morgan fingerprint density at radius 1 is 0.733 bits per heavy atom. The predicted octanol–water partition coefficient (Wildman–Crippen LogP) is 6.22. The number of rotatable bonds is 13. The van der Waals surface area contributed by atoms with E-state index in [-0.39, 0.29) is 29.7 Å². The number of nitrogens with one attached hydrogen (secondary N) is 1. The van der Waals surface area contributed by atoms with Gasteiger partial charge < -0.3 is 10.2 Å². The van der Waals surface area contributed by atoms with Crippen LogP contribution in [0.15, 0.2) is 108 Å². The highest BCUT2D eigenvalue weighted by atomic mass is 32.2. The van der Waals surface area contributed by atoms with E-state index < -0.39 is 28.5 Å². The van der Waals surface area contributed by atoms with Crippen molar-refractivity contribution in [1.82, 2.24) is 10.2 Å². The van der Waals surface area contributed by atoms with Gasteiger partial charge in [0.2, 0.25) is 11.8 Å². The molecule has 0 aliphatic heterocycles. The van der Waals surface area contributed by atoms with Crippen LogP contribution in [-0.2, 0) is 32.6 Å². The molecule has 0 aliphatic carbocycles. The lowest BCUT2D eigenvalue weighted by atomic mass is 10.0. The molecular weight excluding hydrogens is 582 g/mol. The summed E-state index contributed by atoms with van der Waals surface area (Å²) in [4.78, 5) is 30.0. The highest BCUT2D eigenvalue weighted by Gasteiger charge is 2.34. The van der Waals surface area contributed by atoms with Gasteiger partial charge in [0.25, 0.3) is 10.0 Å². The van der Waals surface area contributed by atoms with Crippen LogP contribution < -0.4 is 9.62 Å². The number of carbonyl (C=O) groups excluding carboxylic acids is 2. The zero-order valence-corrected chi connectivity index (χ0v) is 27.6. The normalized spacial score (nSPS) is 12.0. The van der Waals surface area contributed by atoms with E-state index in [1.807, 2.05) is 95.3 Å². The molecular formula is C37H43N3O4S. The Morgan fingerprint density at radius 3 is 1.98 bits per heavy atom. The van der Waals surface area contributed by atoms with E-state index in [4.69, 9.17) is 0 Å². The van der Waals surface area contributed by atoms with Gasteiger partial charge in [0.05, 0.1) is 10.6 Å². The average Bonchev–Trinajstić information content (AvgIpc) is 3.01. The molecule has 0 unspecified atom stereocenters. The maximum absolute atomic E-state index is 14.5. The zero-order valence-electron chi connectivity index (χ0n) is 26.7. The topological polar surface area (TPSA) is 86.8 Å². The zero-order chi connectivity index (χ0) is 32.6. The molecule has 7 nitrogen and oxygen atoms in total. The quantitative estimate of drug-likeness (QED) is 0.191. The van der Waals surface area contributed by atoms with E-state index in [1.165, 1.54) is 4.90 Å². The second-order valence-electron chi connectivity index (χ2n) is 12.0. The van der Waals surface area contributed by atoms with E-state index in [1.54, 1.807) is 42.5 Å². The van der Waals surface area contributed by atoms with Gasteiger partial charge in [-0.25, -0.2) is 8.42 Å². The van der Waals surface area contributed by atoms with Crippen LogP contribution in [0.25, 0.3) is 0 Å². The maximum atomic E-state index is 14.5. The Balaban J connectivity index is 1.80. The van der Waals surface area contributed by atoms with Crippen molar-refractivity contribution < 1.29 is 18.0 Å². The molecule has 0 spiro atoms. The summed E-state index contributed by atoms with van der Waals surface area (Å²) >= 11 is 0. The van der Waals surface area contributed by atoms with Gasteiger partial charge in [-0.05, 0) is 67.6 Å². The highest BCUT2D eigenvalue weighted by Crippen LogP contribution is 2.26. The lowest BCUT2D eigenvalue weighted by molar-refractivity contribution is -0.140. The molecule has 0 fully saturated rings. The molecule has 4 aromatic rings. The molecule has 0 saturated carbocycles. The van der Waals surface area contributed by atoms with E-state index in [2.05, 4.69) is 5.32 Å². The number of hydrogen-bond acceptors (Lipinski definition) is 4. The molecule has 0 aromatic heterocycles. The van der Waals surface area contributed by atoms with Gasteiger partial charge in [0.1, 0.15) is 12.6 Å². The Bertz CT molecular complexity index is 1700. The van der Waals surface area contributed by atoms with Crippen molar-refractivity contribution in [1.29, 1.82) is 0 Å². The average molecular weight is 626 g/mol. The molecule has 0 bridgehead atoms. The van der Waals surface area contributed by atoms with Crippen LogP contribution in [-0.4, -0.2) is 44.3 Å². The van der Waals surface area contributed by atoms with Crippen LogP contribution in [0, 0.1) is 26.7 Å². The summed E-state index contributed by atoms with van der Waals surface area (Å²) < 4.78 is 29.5. The third-order valence-corrected chi connectivity index (χ3v) is 9.36. The summed E-state index contributed by atoms with van der Waals surface area (Å²) in [5.74, 6) is -0.546. The molecule has 4 aromatic carbocycles. The molecule has 236 valence electrons. The van der Waals surface area contributed by atoms with Crippen molar-refractivity contribution in [3.8, 4) is 0 Å². The fourth-order valence-electron chi connectivity index (χ4n) is 5.13. The smallest absolute Gasteiger partial charge is 0.264 e. The first kappa shape index (κ1) is 33.5. The highest BCUT2D eigenvalue weighted by molar-refractivity contribution is 7.92. The molecule has 0 aliphatic rings. The number of sulfonamides is 1. The van der Waals surface area contributed by atoms with Gasteiger partial charge >= 0.3 is 0 Å². The molecule has 0 radical (unpaired) electrons. The van der Waals surface area contributed by atoms with Crippen LogP contribution in [0.3, 0.4) is 0 Å². The van der Waals surface area contributed by atoms with Crippen LogP contribution in [0.4, 0.5) is 5.69 Å². The molecule has 45 heavy (non-hydrogen) atoms. The van der Waals surface area contributed by atoms with Crippen molar-refractivity contribution in [2.45, 2.75) is 58.5 Å². The SMILES string of the molecule is Cc1ccc(S(=O)(=O)N(CC(=O)N(Cc2cccc(C)c2)[C@@H](Cc2ccccc2)C(=O)NCC(C)C)c2cccc(C)c2)cc1. The van der Waals surface area contributed by atoms with Crippen molar-refractivity contribution in [3.05, 3.63) is 131 Å². The van der Waals surface area contributed by atoms with E-state index in [9.17, 15) is 18.0 Å². The number of aryl methyl sites for hydroxylation is 3. The molecule has 0 heterocycles. The maximum Gasteiger partial charge on any atom is 0.264 e. The van der Waals surface area contributed by atoms with Gasteiger partial charge in [0, 0.05) is 19.5 Å². The molecule has 8 heteroatoms. The van der Waals surface area contributed by atoms with Crippen molar-refractivity contribution >= 4 is 27.5 Å². The van der Waals surface area contributed by atoms with Crippen molar-refractivity contribution in [2.24, 2.45) is 5.92 Å². The summed E-state index contributed by atoms with van der Waals surface area (Å²) in [6.07, 6.45) is 0.275. The number of anilines is 1. The lowest BCUT2D eigenvalue weighted by Crippen LogP contribution is -2.53. The number of hydrogen-bond donors (Lipinski definition) is 1. The Hall–Kier alpha value is -4.43. The minimum absolute atomic E-state index is 0.0863. The minimum atomic E-state index is -4.14. The largest absolute Gasteiger partial charge is 0.354 e. The summed E-state index contributed by atoms with van der Waals surface area (Å²) in [6.45, 7) is 9.87. The first-order valence-electron chi connectivity index (χ1n) is 15.3. The first-order chi connectivity index (χ1) is 21.4. The number of amides is 2. The lowest BCUT2D eigenvalue weighted by Gasteiger charge is -2.34. The van der Waals surface area contributed by atoms with Crippen molar-refractivity contribution in [2.75, 3.05) is 17.4 Å². The molecule has 1 N–H and O–H groups in total. The van der Waals surface area contributed by atoms with Gasteiger partial charge in [-0.1, -0.05) is 104 Å². The van der Waals surface area contributed by atoms with Crippen molar-refractivity contribution in [3.63, 3.8) is 0 Å². The Morgan fingerprint density at radius 2 is 1.36 bits per heavy atom. The minimum Gasteiger partial charge on any atom is -0.354 e. The van der Waals surface area contributed by atoms with Gasteiger partial charge in [0.15, 0.2) is 0 Å². The van der Waals surface area contributed by atoms with E-state index in [0.29, 0.717) is 12.2 Å². The van der Waals surface area contributed by atoms with Gasteiger partial charge in [-0.2, -0.15) is 0 Å². The van der Waals surface area contributed by atoms with E-state index in [0.717, 1.165) is 32.1 Å². The van der Waals surface area contributed by atoms with E-state index >= 15 is 0 Å². The van der Waals surface area contributed by atoms with Crippen LogP contribution in [0.5, 0.6) is 0 Å². The third-order valence-electron chi connectivity index (χ3n) is 7.57. The number of benzene rings is 4. The van der Waals surface area contributed by atoms with Crippen LogP contribution in [0.1, 0.15) is 41.7 Å². The fraction of sp³-hybridized carbons (Fsp3) is 0.297. The molecule has 4 rings (SSSR count). The number of carbonyl (C=O) groups is 2. The van der Waals surface area contributed by atoms with Gasteiger partial charge in [-0.3, -0.25) is 13.9 Å². The Labute approximate surface area is 268 Å². The fourth-order valence-corrected chi connectivity index (χ4v) is 6.54. The predicted molar refractivity (Wildman–Crippen MR) is 180 cm³/mol. The second-order valence-corrected chi connectivity index (χ2v) is 13.9. The van der Waals surface area contributed by atoms with Crippen LogP contribution >= 0.6 is 0 Å². The monoisotopic (exact) mass is 625 g/mol. The summed E-state index contributed by atoms with van der Waals surface area (Å²) in [7, 11) is -4.14. The molecule has 0 saturated heterocycles. The summed E-state index contributed by atoms with van der Waals surface area (Å²) in [5.41, 5.74) is 4.92. The standard InChI is InChI=1S/C37H43N3O4S/c1-27(2)24-38-37(42)35(23-31-13-7-6-8-14-31)39(25-32-15-9-11-29(4)21-32)36(41)26-40(33-16-10-12-30(5)22-33)45(43,44)34-19-17-28(3)18-20-34/h6-22,27,35H,23-26H2,1-5H3,(H,38,42)/t35-/m0/s1. The summed E-state index contributed by atoms with van der Waals surface area (Å²) in [6, 6.07) is 30.2. The van der Waals surface area contributed by atoms with Gasteiger partial charge in [-0.15, -0.1) is 0 Å². The second kappa shape index (κ2) is 15.0. The molecule has 1 atom stereocenters. The first-order valence-corrected chi connectivity index (χ1v) is 16.7. The molecule has 2 amide bonds. The third kappa shape index (κ3) is 9.05. The van der Waals surface area contributed by atoms with Crippen LogP contribution in [0.2, 0.25) is 0 Å². The number of nitrogens with zero attached hydrogens (tertiary/aromatic N) is 2. The summed E-state index contributed by atoms with van der Waals surface area (Å²) in [5, 5.41) is 3.02.